The Bertz CT molecular complexity index is 648. The summed E-state index contributed by atoms with van der Waals surface area (Å²) in [5.74, 6) is -1.04. The number of aromatic nitrogens is 3. The maximum absolute atomic E-state index is 11.6. The summed E-state index contributed by atoms with van der Waals surface area (Å²) in [6, 6.07) is 1.39. The molecule has 2 aromatic rings. The molecule has 0 saturated heterocycles. The molecule has 2 aromatic heterocycles. The van der Waals surface area contributed by atoms with Crippen LogP contribution in [-0.4, -0.2) is 31.8 Å². The van der Waals surface area contributed by atoms with E-state index in [0.717, 1.165) is 0 Å². The largest absolute Gasteiger partial charge is 0.479 e. The van der Waals surface area contributed by atoms with Gasteiger partial charge in [-0.2, -0.15) is 9.61 Å². The number of fused-ring (bicyclic) bond motifs is 1. The molecule has 0 radical (unpaired) electrons. The van der Waals surface area contributed by atoms with E-state index in [9.17, 15) is 9.59 Å². The summed E-state index contributed by atoms with van der Waals surface area (Å²) >= 11 is 1.20. The van der Waals surface area contributed by atoms with Gasteiger partial charge in [0.05, 0.1) is 0 Å². The summed E-state index contributed by atoms with van der Waals surface area (Å²) in [5, 5.41) is 13.2. The Hall–Kier alpha value is -1.80. The van der Waals surface area contributed by atoms with Crippen molar-refractivity contribution >= 4 is 22.3 Å². The van der Waals surface area contributed by atoms with E-state index in [1.165, 1.54) is 28.8 Å². The molecule has 0 aromatic carbocycles. The fraction of sp³-hybridized carbons (Fsp3) is 0.400. The zero-order valence-corrected chi connectivity index (χ0v) is 10.6. The second kappa shape index (κ2) is 4.83. The lowest BCUT2D eigenvalue weighted by atomic mass is 10.4. The lowest BCUT2D eigenvalue weighted by Gasteiger charge is -2.04. The molecule has 0 aliphatic rings. The molecule has 0 amide bonds. The van der Waals surface area contributed by atoms with Crippen LogP contribution in [0.5, 0.6) is 0 Å². The molecule has 7 nitrogen and oxygen atoms in total. The molecule has 0 aliphatic carbocycles. The Labute approximate surface area is 106 Å². The van der Waals surface area contributed by atoms with Crippen molar-refractivity contribution in [1.82, 2.24) is 14.6 Å². The molecule has 0 aliphatic heterocycles. The van der Waals surface area contributed by atoms with E-state index in [1.54, 1.807) is 6.92 Å². The van der Waals surface area contributed by atoms with E-state index in [1.807, 2.05) is 0 Å². The Morgan fingerprint density at radius 2 is 2.39 bits per heavy atom. The van der Waals surface area contributed by atoms with E-state index < -0.39 is 12.1 Å². The van der Waals surface area contributed by atoms with Crippen LogP contribution in [0, 0.1) is 6.92 Å². The Morgan fingerprint density at radius 1 is 1.67 bits per heavy atom. The average Bonchev–Trinajstić information content (AvgIpc) is 2.68. The fourth-order valence-electron chi connectivity index (χ4n) is 1.29. The van der Waals surface area contributed by atoms with Crippen LogP contribution in [0.15, 0.2) is 10.9 Å². The predicted molar refractivity (Wildman–Crippen MR) is 63.8 cm³/mol. The monoisotopic (exact) mass is 269 g/mol. The van der Waals surface area contributed by atoms with E-state index in [2.05, 4.69) is 10.1 Å². The van der Waals surface area contributed by atoms with Gasteiger partial charge in [-0.3, -0.25) is 4.79 Å². The maximum atomic E-state index is 11.6. The first-order valence-electron chi connectivity index (χ1n) is 5.18. The van der Waals surface area contributed by atoms with Gasteiger partial charge in [-0.1, -0.05) is 11.3 Å². The smallest absolute Gasteiger partial charge is 0.332 e. The van der Waals surface area contributed by atoms with Crippen LogP contribution in [0.4, 0.5) is 0 Å². The Kier molecular flexibility index (Phi) is 3.39. The predicted octanol–water partition coefficient (Wildman–Crippen LogP) is 0.449. The van der Waals surface area contributed by atoms with Crippen molar-refractivity contribution in [2.45, 2.75) is 26.6 Å². The number of nitrogens with zero attached hydrogens (tertiary/aromatic N) is 3. The molecule has 1 unspecified atom stereocenters. The van der Waals surface area contributed by atoms with Crippen molar-refractivity contribution in [2.24, 2.45) is 0 Å². The van der Waals surface area contributed by atoms with E-state index in [-0.39, 0.29) is 12.2 Å². The number of ether oxygens (including phenoxy) is 1. The zero-order valence-electron chi connectivity index (χ0n) is 9.78. The minimum absolute atomic E-state index is 0.0416. The van der Waals surface area contributed by atoms with Gasteiger partial charge in [0.15, 0.2) is 6.10 Å². The standard InChI is InChI=1S/C10H11N3O4S/c1-5-3-8(14)13-10(11-5)18-7(12-13)4-17-6(2)9(15)16/h3,6H,4H2,1-2H3,(H,15,16). The van der Waals surface area contributed by atoms with Gasteiger partial charge >= 0.3 is 5.97 Å². The highest BCUT2D eigenvalue weighted by Crippen LogP contribution is 2.13. The Balaban J connectivity index is 2.23. The fourth-order valence-corrected chi connectivity index (χ4v) is 2.15. The topological polar surface area (TPSA) is 93.8 Å². The number of aliphatic carboxylic acids is 1. The average molecular weight is 269 g/mol. The van der Waals surface area contributed by atoms with Gasteiger partial charge in [-0.05, 0) is 13.8 Å². The maximum Gasteiger partial charge on any atom is 0.332 e. The summed E-state index contributed by atoms with van der Waals surface area (Å²) < 4.78 is 6.28. The molecule has 96 valence electrons. The number of hydrogen-bond donors (Lipinski definition) is 1. The van der Waals surface area contributed by atoms with Crippen molar-refractivity contribution in [1.29, 1.82) is 0 Å². The summed E-state index contributed by atoms with van der Waals surface area (Å²) in [6.07, 6.45) is -0.913. The number of carboxylic acid groups (broad SMARTS) is 1. The minimum Gasteiger partial charge on any atom is -0.479 e. The van der Waals surface area contributed by atoms with Gasteiger partial charge in [0, 0.05) is 11.8 Å². The summed E-state index contributed by atoms with van der Waals surface area (Å²) in [7, 11) is 0. The van der Waals surface area contributed by atoms with Crippen molar-refractivity contribution in [3.05, 3.63) is 27.1 Å². The van der Waals surface area contributed by atoms with Gasteiger partial charge in [-0.25, -0.2) is 9.78 Å². The van der Waals surface area contributed by atoms with E-state index in [0.29, 0.717) is 15.7 Å². The van der Waals surface area contributed by atoms with Gasteiger partial charge in [0.1, 0.15) is 11.6 Å². The lowest BCUT2D eigenvalue weighted by Crippen LogP contribution is -2.19. The van der Waals surface area contributed by atoms with Crippen LogP contribution >= 0.6 is 11.3 Å². The highest BCUT2D eigenvalue weighted by atomic mass is 32.1. The summed E-state index contributed by atoms with van der Waals surface area (Å²) in [5.41, 5.74) is 0.362. The molecule has 1 atom stereocenters. The number of rotatable bonds is 4. The first-order valence-corrected chi connectivity index (χ1v) is 6.00. The molecule has 1 N–H and O–H groups in total. The second-order valence-electron chi connectivity index (χ2n) is 3.72. The quantitative estimate of drug-likeness (QED) is 0.866. The van der Waals surface area contributed by atoms with Crippen molar-refractivity contribution < 1.29 is 14.6 Å². The number of aryl methyl sites for hydroxylation is 1. The van der Waals surface area contributed by atoms with Crippen LogP contribution in [0.3, 0.4) is 0 Å². The number of carbonyl (C=O) groups is 1. The molecule has 0 fully saturated rings. The first-order chi connectivity index (χ1) is 8.47. The summed E-state index contributed by atoms with van der Waals surface area (Å²) in [4.78, 5) is 26.8. The minimum atomic E-state index is -1.04. The van der Waals surface area contributed by atoms with Crippen LogP contribution in [0.2, 0.25) is 0 Å². The zero-order chi connectivity index (χ0) is 13.3. The highest BCUT2D eigenvalue weighted by molar-refractivity contribution is 7.16. The van der Waals surface area contributed by atoms with Crippen LogP contribution in [-0.2, 0) is 16.1 Å². The normalized spacial score (nSPS) is 12.8. The molecular formula is C10H11N3O4S. The molecular weight excluding hydrogens is 258 g/mol. The van der Waals surface area contributed by atoms with Crippen molar-refractivity contribution in [3.63, 3.8) is 0 Å². The van der Waals surface area contributed by atoms with Crippen LogP contribution < -0.4 is 5.56 Å². The third kappa shape index (κ3) is 2.54. The number of carboxylic acids is 1. The van der Waals surface area contributed by atoms with Gasteiger partial charge in [0.25, 0.3) is 5.56 Å². The van der Waals surface area contributed by atoms with Crippen molar-refractivity contribution in [3.8, 4) is 0 Å². The van der Waals surface area contributed by atoms with E-state index in [4.69, 9.17) is 9.84 Å². The molecule has 8 heteroatoms. The third-order valence-corrected chi connectivity index (χ3v) is 3.10. The second-order valence-corrected chi connectivity index (χ2v) is 4.76. The Morgan fingerprint density at radius 3 is 3.06 bits per heavy atom. The van der Waals surface area contributed by atoms with Gasteiger partial charge in [-0.15, -0.1) is 0 Å². The van der Waals surface area contributed by atoms with E-state index >= 15 is 0 Å². The van der Waals surface area contributed by atoms with Crippen LogP contribution in [0.1, 0.15) is 17.6 Å². The molecule has 2 heterocycles. The molecule has 2 rings (SSSR count). The third-order valence-electron chi connectivity index (χ3n) is 2.22. The van der Waals surface area contributed by atoms with Crippen molar-refractivity contribution in [2.75, 3.05) is 0 Å². The molecule has 0 saturated carbocycles. The molecule has 0 bridgehead atoms. The summed E-state index contributed by atoms with van der Waals surface area (Å²) in [6.45, 7) is 3.20. The molecule has 0 spiro atoms. The van der Waals surface area contributed by atoms with Gasteiger partial charge in [0.2, 0.25) is 4.96 Å². The van der Waals surface area contributed by atoms with Crippen LogP contribution in [0.25, 0.3) is 4.96 Å². The van der Waals surface area contributed by atoms with Gasteiger partial charge < -0.3 is 9.84 Å². The molecule has 18 heavy (non-hydrogen) atoms. The number of hydrogen-bond acceptors (Lipinski definition) is 6. The first kappa shape index (κ1) is 12.7. The lowest BCUT2D eigenvalue weighted by molar-refractivity contribution is -0.149. The SMILES string of the molecule is Cc1cc(=O)n2nc(COC(C)C(=O)O)sc2n1. The highest BCUT2D eigenvalue weighted by Gasteiger charge is 2.13.